The number of H-pyrrole nitrogens is 1. The van der Waals surface area contributed by atoms with E-state index in [2.05, 4.69) is 145 Å². The Morgan fingerprint density at radius 1 is 0.556 bits per heavy atom. The van der Waals surface area contributed by atoms with Crippen LogP contribution >= 0.6 is 0 Å². The fourth-order valence-corrected chi connectivity index (χ4v) is 5.84. The first-order valence-electron chi connectivity index (χ1n) is 12.4. The van der Waals surface area contributed by atoms with Gasteiger partial charge in [-0.2, -0.15) is 0 Å². The zero-order chi connectivity index (χ0) is 24.0. The Hall–Kier alpha value is -4.56. The van der Waals surface area contributed by atoms with Gasteiger partial charge in [-0.3, -0.25) is 0 Å². The van der Waals surface area contributed by atoms with E-state index in [0.717, 1.165) is 28.1 Å². The zero-order valence-electron chi connectivity index (χ0n) is 19.8. The van der Waals surface area contributed by atoms with Crippen molar-refractivity contribution in [2.45, 2.75) is 11.5 Å². The molecule has 0 fully saturated rings. The number of hydrogen-bond donors (Lipinski definition) is 1. The molecule has 2 nitrogen and oxygen atoms in total. The number of aromatic amines is 1. The Morgan fingerprint density at radius 3 is 1.81 bits per heavy atom. The number of benzene rings is 5. The molecule has 1 N–H and O–H groups in total. The first kappa shape index (κ1) is 20.8. The average molecular weight is 464 g/mol. The van der Waals surface area contributed by atoms with Crippen molar-refractivity contribution in [1.82, 2.24) is 4.98 Å². The fourth-order valence-electron chi connectivity index (χ4n) is 5.84. The molecule has 0 unspecified atom stereocenters. The van der Waals surface area contributed by atoms with Crippen molar-refractivity contribution in [3.05, 3.63) is 173 Å². The summed E-state index contributed by atoms with van der Waals surface area (Å²) in [7, 11) is 0. The molecule has 5 aromatic carbocycles. The van der Waals surface area contributed by atoms with Gasteiger partial charge < -0.3 is 9.72 Å². The molecule has 0 spiro atoms. The monoisotopic (exact) mass is 463 g/mol. The summed E-state index contributed by atoms with van der Waals surface area (Å²) in [5.41, 5.74) is 7.19. The van der Waals surface area contributed by atoms with Crippen molar-refractivity contribution in [2.24, 2.45) is 0 Å². The largest absolute Gasteiger partial charge is 0.471 e. The third-order valence-corrected chi connectivity index (χ3v) is 7.37. The second-order valence-electron chi connectivity index (χ2n) is 9.36. The lowest BCUT2D eigenvalue weighted by atomic mass is 9.77. The average Bonchev–Trinajstić information content (AvgIpc) is 3.28. The van der Waals surface area contributed by atoms with E-state index < -0.39 is 5.60 Å². The van der Waals surface area contributed by atoms with Gasteiger partial charge in [-0.1, -0.05) is 127 Å². The molecular weight excluding hydrogens is 438 g/mol. The molecule has 172 valence electrons. The maximum absolute atomic E-state index is 7.29. The number of aromatic nitrogens is 1. The third-order valence-electron chi connectivity index (χ3n) is 7.37. The highest BCUT2D eigenvalue weighted by molar-refractivity contribution is 5.88. The molecule has 36 heavy (non-hydrogen) atoms. The molecule has 1 aliphatic heterocycles. The van der Waals surface area contributed by atoms with Crippen molar-refractivity contribution < 1.29 is 4.74 Å². The van der Waals surface area contributed by atoms with Crippen LogP contribution < -0.4 is 4.74 Å². The van der Waals surface area contributed by atoms with E-state index in [9.17, 15) is 0 Å². The van der Waals surface area contributed by atoms with Crippen LogP contribution in [0, 0.1) is 0 Å². The molecule has 1 aromatic heterocycles. The number of para-hydroxylation sites is 2. The summed E-state index contributed by atoms with van der Waals surface area (Å²) in [5.74, 6) is 0.913. The van der Waals surface area contributed by atoms with Gasteiger partial charge >= 0.3 is 0 Å². The Balaban J connectivity index is 1.69. The van der Waals surface area contributed by atoms with Crippen LogP contribution in [0.4, 0.5) is 0 Å². The van der Waals surface area contributed by atoms with Crippen LogP contribution in [0.5, 0.6) is 5.75 Å². The smallest absolute Gasteiger partial charge is 0.199 e. The molecule has 0 saturated heterocycles. The first-order valence-corrected chi connectivity index (χ1v) is 12.4. The molecule has 0 aliphatic carbocycles. The molecule has 0 bridgehead atoms. The van der Waals surface area contributed by atoms with Gasteiger partial charge in [-0.15, -0.1) is 0 Å². The maximum Gasteiger partial charge on any atom is 0.199 e. The standard InChI is InChI=1S/C34H25NO/c1-4-14-24(15-5-1)31-28-21-11-13-23-30(28)36-34(25-16-6-2-7-17-25,26-18-8-3-9-19-26)33-32(31)27-20-10-12-22-29(27)35-33/h1-23,31,35H/t31-/m1/s1. The molecule has 2 heteroatoms. The number of rotatable bonds is 3. The van der Waals surface area contributed by atoms with Gasteiger partial charge in [-0.25, -0.2) is 0 Å². The third kappa shape index (κ3) is 3.04. The quantitative estimate of drug-likeness (QED) is 0.282. The van der Waals surface area contributed by atoms with E-state index >= 15 is 0 Å². The highest BCUT2D eigenvalue weighted by Crippen LogP contribution is 2.53. The summed E-state index contributed by atoms with van der Waals surface area (Å²) in [4.78, 5) is 3.85. The van der Waals surface area contributed by atoms with E-state index in [4.69, 9.17) is 4.74 Å². The van der Waals surface area contributed by atoms with Gasteiger partial charge in [0.15, 0.2) is 5.60 Å². The van der Waals surface area contributed by atoms with E-state index in [1.165, 1.54) is 22.1 Å². The minimum atomic E-state index is -0.851. The predicted octanol–water partition coefficient (Wildman–Crippen LogP) is 8.03. The lowest BCUT2D eigenvalue weighted by molar-refractivity contribution is 0.152. The van der Waals surface area contributed by atoms with Crippen LogP contribution in [0.2, 0.25) is 0 Å². The van der Waals surface area contributed by atoms with Crippen molar-refractivity contribution in [3.8, 4) is 5.75 Å². The van der Waals surface area contributed by atoms with Crippen LogP contribution in [0.1, 0.15) is 39.4 Å². The second kappa shape index (κ2) is 8.28. The number of hydrogen-bond acceptors (Lipinski definition) is 1. The Bertz CT molecular complexity index is 1610. The lowest BCUT2D eigenvalue weighted by Crippen LogP contribution is -2.36. The summed E-state index contributed by atoms with van der Waals surface area (Å²) >= 11 is 0. The molecule has 1 atom stereocenters. The molecule has 0 radical (unpaired) electrons. The van der Waals surface area contributed by atoms with Crippen LogP contribution in [-0.2, 0) is 5.60 Å². The lowest BCUT2D eigenvalue weighted by Gasteiger charge is -2.35. The molecule has 0 saturated carbocycles. The second-order valence-corrected chi connectivity index (χ2v) is 9.36. The van der Waals surface area contributed by atoms with Crippen LogP contribution in [0.3, 0.4) is 0 Å². The Morgan fingerprint density at radius 2 is 1.11 bits per heavy atom. The number of fused-ring (bicyclic) bond motifs is 4. The summed E-state index contributed by atoms with van der Waals surface area (Å²) in [5, 5.41) is 1.22. The van der Waals surface area contributed by atoms with Crippen molar-refractivity contribution in [2.75, 3.05) is 0 Å². The van der Waals surface area contributed by atoms with E-state index in [-0.39, 0.29) is 5.92 Å². The normalized spacial score (nSPS) is 15.9. The van der Waals surface area contributed by atoms with E-state index in [0.29, 0.717) is 0 Å². The Kier molecular flexibility index (Phi) is 4.78. The molecule has 1 aliphatic rings. The number of ether oxygens (including phenoxy) is 1. The minimum absolute atomic E-state index is 0.0165. The zero-order valence-corrected chi connectivity index (χ0v) is 19.8. The van der Waals surface area contributed by atoms with E-state index in [1.807, 2.05) is 0 Å². The molecule has 6 aromatic rings. The van der Waals surface area contributed by atoms with Gasteiger partial charge in [0.25, 0.3) is 0 Å². The van der Waals surface area contributed by atoms with Gasteiger partial charge in [0, 0.05) is 33.5 Å². The van der Waals surface area contributed by atoms with Crippen molar-refractivity contribution >= 4 is 10.9 Å². The highest BCUT2D eigenvalue weighted by atomic mass is 16.5. The summed E-state index contributed by atoms with van der Waals surface area (Å²) in [6.07, 6.45) is 0. The molecule has 0 amide bonds. The molecular formula is C34H25NO. The fraction of sp³-hybridized carbons (Fsp3) is 0.0588. The highest BCUT2D eigenvalue weighted by Gasteiger charge is 2.47. The Labute approximate surface area is 210 Å². The van der Waals surface area contributed by atoms with Crippen molar-refractivity contribution in [3.63, 3.8) is 0 Å². The SMILES string of the molecule is c1ccc([C@@H]2c3ccccc3OC(c3ccccc3)(c3ccccc3)c3[nH]c4ccccc4c32)cc1. The van der Waals surface area contributed by atoms with Crippen molar-refractivity contribution in [1.29, 1.82) is 0 Å². The van der Waals surface area contributed by atoms with Crippen LogP contribution in [-0.4, -0.2) is 4.98 Å². The number of nitrogens with one attached hydrogen (secondary N) is 1. The summed E-state index contributed by atoms with van der Waals surface area (Å²) in [6.45, 7) is 0. The molecule has 2 heterocycles. The van der Waals surface area contributed by atoms with E-state index in [1.54, 1.807) is 0 Å². The summed E-state index contributed by atoms with van der Waals surface area (Å²) in [6, 6.07) is 49.1. The van der Waals surface area contributed by atoms with Crippen LogP contribution in [0.25, 0.3) is 10.9 Å². The topological polar surface area (TPSA) is 25.0 Å². The van der Waals surface area contributed by atoms with Gasteiger partial charge in [0.2, 0.25) is 0 Å². The van der Waals surface area contributed by atoms with Gasteiger partial charge in [-0.05, 0) is 23.3 Å². The van der Waals surface area contributed by atoms with Crippen LogP contribution in [0.15, 0.2) is 140 Å². The summed E-state index contributed by atoms with van der Waals surface area (Å²) < 4.78 is 7.29. The molecule has 7 rings (SSSR count). The van der Waals surface area contributed by atoms with Gasteiger partial charge in [0.05, 0.1) is 5.69 Å². The van der Waals surface area contributed by atoms with Gasteiger partial charge in [0.1, 0.15) is 5.75 Å². The predicted molar refractivity (Wildman–Crippen MR) is 146 cm³/mol. The maximum atomic E-state index is 7.29. The minimum Gasteiger partial charge on any atom is -0.471 e. The first-order chi connectivity index (χ1) is 17.9.